The Morgan fingerprint density at radius 2 is 2.33 bits per heavy atom. The van der Waals surface area contributed by atoms with Gasteiger partial charge in [0.15, 0.2) is 0 Å². The predicted octanol–water partition coefficient (Wildman–Crippen LogP) is -0.511. The Balaban J connectivity index is 2.16. The van der Waals surface area contributed by atoms with Gasteiger partial charge < -0.3 is 15.3 Å². The van der Waals surface area contributed by atoms with Crippen LogP contribution in [0.2, 0.25) is 0 Å². The lowest BCUT2D eigenvalue weighted by Crippen LogP contribution is -2.34. The molecule has 0 amide bonds. The summed E-state index contributed by atoms with van der Waals surface area (Å²) >= 11 is 0. The normalized spacial score (nSPS) is 13.1. The van der Waals surface area contributed by atoms with Crippen molar-refractivity contribution in [1.82, 2.24) is 20.4 Å². The zero-order valence-electron chi connectivity index (χ0n) is 9.22. The molecule has 0 fully saturated rings. The van der Waals surface area contributed by atoms with Crippen molar-refractivity contribution in [3.63, 3.8) is 0 Å². The second-order valence-corrected chi connectivity index (χ2v) is 3.76. The minimum Gasteiger partial charge on any atom is -0.390 e. The molecule has 0 spiro atoms. The molecule has 1 unspecified atom stereocenters. The van der Waals surface area contributed by atoms with E-state index in [2.05, 4.69) is 15.5 Å². The summed E-state index contributed by atoms with van der Waals surface area (Å²) in [4.78, 5) is 1.95. The monoisotopic (exact) mass is 210 g/mol. The first-order valence-corrected chi connectivity index (χ1v) is 4.98. The SMILES string of the molecule is CN(C)CC(O)CNCc1cccnn1. The van der Waals surface area contributed by atoms with Crippen molar-refractivity contribution in [3.05, 3.63) is 24.0 Å². The van der Waals surface area contributed by atoms with Crippen molar-refractivity contribution in [2.24, 2.45) is 0 Å². The Morgan fingerprint density at radius 3 is 2.93 bits per heavy atom. The van der Waals surface area contributed by atoms with Crippen LogP contribution in [0, 0.1) is 0 Å². The number of aliphatic hydroxyl groups excluding tert-OH is 1. The minimum absolute atomic E-state index is 0.350. The van der Waals surface area contributed by atoms with Crippen LogP contribution in [-0.2, 0) is 6.54 Å². The largest absolute Gasteiger partial charge is 0.390 e. The molecule has 1 aromatic heterocycles. The first kappa shape index (κ1) is 12.0. The number of rotatable bonds is 6. The summed E-state index contributed by atoms with van der Waals surface area (Å²) in [5.41, 5.74) is 0.884. The van der Waals surface area contributed by atoms with E-state index in [1.807, 2.05) is 31.1 Å². The van der Waals surface area contributed by atoms with Crippen LogP contribution >= 0.6 is 0 Å². The van der Waals surface area contributed by atoms with Gasteiger partial charge >= 0.3 is 0 Å². The highest BCUT2D eigenvalue weighted by atomic mass is 16.3. The molecule has 1 atom stereocenters. The van der Waals surface area contributed by atoms with Crippen molar-refractivity contribution in [2.75, 3.05) is 27.2 Å². The predicted molar refractivity (Wildman–Crippen MR) is 58.3 cm³/mol. The molecule has 0 aliphatic carbocycles. The zero-order valence-corrected chi connectivity index (χ0v) is 9.22. The third kappa shape index (κ3) is 5.41. The highest BCUT2D eigenvalue weighted by Gasteiger charge is 2.04. The maximum Gasteiger partial charge on any atom is 0.0791 e. The van der Waals surface area contributed by atoms with Crippen molar-refractivity contribution in [2.45, 2.75) is 12.6 Å². The van der Waals surface area contributed by atoms with E-state index < -0.39 is 0 Å². The van der Waals surface area contributed by atoms with E-state index in [4.69, 9.17) is 0 Å². The molecule has 1 rings (SSSR count). The topological polar surface area (TPSA) is 61.3 Å². The standard InChI is InChI=1S/C10H18N4O/c1-14(2)8-10(15)7-11-6-9-4-3-5-12-13-9/h3-5,10-11,15H,6-8H2,1-2H3. The summed E-state index contributed by atoms with van der Waals surface area (Å²) in [5.74, 6) is 0. The zero-order chi connectivity index (χ0) is 11.1. The molecular formula is C10H18N4O. The van der Waals surface area contributed by atoms with Crippen LogP contribution in [0.4, 0.5) is 0 Å². The summed E-state index contributed by atoms with van der Waals surface area (Å²) in [6.07, 6.45) is 1.29. The van der Waals surface area contributed by atoms with Crippen molar-refractivity contribution >= 4 is 0 Å². The van der Waals surface area contributed by atoms with E-state index in [0.717, 1.165) is 5.69 Å². The molecular weight excluding hydrogens is 192 g/mol. The van der Waals surface area contributed by atoms with Gasteiger partial charge in [0.2, 0.25) is 0 Å². The number of hydrogen-bond donors (Lipinski definition) is 2. The van der Waals surface area contributed by atoms with Crippen molar-refractivity contribution in [1.29, 1.82) is 0 Å². The lowest BCUT2D eigenvalue weighted by atomic mass is 10.3. The highest BCUT2D eigenvalue weighted by Crippen LogP contribution is 1.90. The Hall–Kier alpha value is -1.04. The van der Waals surface area contributed by atoms with Crippen LogP contribution in [0.1, 0.15) is 5.69 Å². The quantitative estimate of drug-likeness (QED) is 0.662. The Labute approximate surface area is 90.1 Å². The summed E-state index contributed by atoms with van der Waals surface area (Å²) in [5, 5.41) is 20.4. The van der Waals surface area contributed by atoms with Gasteiger partial charge in [-0.2, -0.15) is 10.2 Å². The fraction of sp³-hybridized carbons (Fsp3) is 0.600. The number of likely N-dealkylation sites (N-methyl/N-ethyl adjacent to an activating group) is 1. The van der Waals surface area contributed by atoms with Gasteiger partial charge in [-0.1, -0.05) is 0 Å². The van der Waals surface area contributed by atoms with Gasteiger partial charge in [0.05, 0.1) is 11.8 Å². The van der Waals surface area contributed by atoms with Gasteiger partial charge in [0.25, 0.3) is 0 Å². The fourth-order valence-corrected chi connectivity index (χ4v) is 1.28. The number of hydrogen-bond acceptors (Lipinski definition) is 5. The molecule has 0 aliphatic heterocycles. The van der Waals surface area contributed by atoms with Gasteiger partial charge in [-0.25, -0.2) is 0 Å². The number of aliphatic hydroxyl groups is 1. The minimum atomic E-state index is -0.350. The van der Waals surface area contributed by atoms with Gasteiger partial charge in [0.1, 0.15) is 0 Å². The maximum atomic E-state index is 9.56. The van der Waals surface area contributed by atoms with E-state index >= 15 is 0 Å². The Morgan fingerprint density at radius 1 is 1.53 bits per heavy atom. The van der Waals surface area contributed by atoms with Gasteiger partial charge in [0, 0.05) is 25.8 Å². The second-order valence-electron chi connectivity index (χ2n) is 3.76. The summed E-state index contributed by atoms with van der Waals surface area (Å²) in [7, 11) is 3.87. The number of aromatic nitrogens is 2. The second kappa shape index (κ2) is 6.44. The molecule has 0 radical (unpaired) electrons. The average Bonchev–Trinajstić information content (AvgIpc) is 2.18. The smallest absolute Gasteiger partial charge is 0.0791 e. The van der Waals surface area contributed by atoms with Crippen LogP contribution in [0.25, 0.3) is 0 Å². The van der Waals surface area contributed by atoms with Gasteiger partial charge in [-0.05, 0) is 26.2 Å². The van der Waals surface area contributed by atoms with Crippen LogP contribution in [0.15, 0.2) is 18.3 Å². The average molecular weight is 210 g/mol. The first-order chi connectivity index (χ1) is 7.18. The van der Waals surface area contributed by atoms with Crippen molar-refractivity contribution < 1.29 is 5.11 Å². The molecule has 0 bridgehead atoms. The molecule has 84 valence electrons. The molecule has 0 aromatic carbocycles. The van der Waals surface area contributed by atoms with Crippen LogP contribution in [0.3, 0.4) is 0 Å². The maximum absolute atomic E-state index is 9.56. The molecule has 15 heavy (non-hydrogen) atoms. The van der Waals surface area contributed by atoms with E-state index in [1.54, 1.807) is 6.20 Å². The third-order valence-corrected chi connectivity index (χ3v) is 1.89. The van der Waals surface area contributed by atoms with E-state index in [-0.39, 0.29) is 6.10 Å². The van der Waals surface area contributed by atoms with Gasteiger partial charge in [-0.3, -0.25) is 0 Å². The first-order valence-electron chi connectivity index (χ1n) is 4.98. The van der Waals surface area contributed by atoms with E-state index in [1.165, 1.54) is 0 Å². The molecule has 1 heterocycles. The fourth-order valence-electron chi connectivity index (χ4n) is 1.28. The van der Waals surface area contributed by atoms with Crippen LogP contribution < -0.4 is 5.32 Å². The van der Waals surface area contributed by atoms with E-state index in [9.17, 15) is 5.11 Å². The highest BCUT2D eigenvalue weighted by molar-refractivity contribution is 4.98. The van der Waals surface area contributed by atoms with Crippen LogP contribution in [-0.4, -0.2) is 53.5 Å². The molecule has 1 aromatic rings. The Kier molecular flexibility index (Phi) is 5.17. The van der Waals surface area contributed by atoms with Crippen molar-refractivity contribution in [3.8, 4) is 0 Å². The summed E-state index contributed by atoms with van der Waals surface area (Å²) in [6, 6.07) is 3.75. The molecule has 2 N–H and O–H groups in total. The number of nitrogens with one attached hydrogen (secondary N) is 1. The van der Waals surface area contributed by atoms with E-state index in [0.29, 0.717) is 19.6 Å². The number of nitrogens with zero attached hydrogens (tertiary/aromatic N) is 3. The Bertz CT molecular complexity index is 265. The van der Waals surface area contributed by atoms with Gasteiger partial charge in [-0.15, -0.1) is 0 Å². The lowest BCUT2D eigenvalue weighted by Gasteiger charge is -2.16. The molecule has 0 saturated heterocycles. The molecule has 0 saturated carbocycles. The molecule has 5 heteroatoms. The third-order valence-electron chi connectivity index (χ3n) is 1.89. The lowest BCUT2D eigenvalue weighted by molar-refractivity contribution is 0.134. The molecule has 0 aliphatic rings. The summed E-state index contributed by atoms with van der Waals surface area (Å²) in [6.45, 7) is 1.86. The molecule has 5 nitrogen and oxygen atoms in total. The van der Waals surface area contributed by atoms with Crippen LogP contribution in [0.5, 0.6) is 0 Å². The summed E-state index contributed by atoms with van der Waals surface area (Å²) < 4.78 is 0.